The maximum absolute atomic E-state index is 13.0. The Morgan fingerprint density at radius 1 is 1.19 bits per heavy atom. The van der Waals surface area contributed by atoms with Gasteiger partial charge in [-0.25, -0.2) is 9.78 Å². The molecule has 1 aromatic carbocycles. The third kappa shape index (κ3) is 2.61. The number of amides is 3. The normalized spacial score (nSPS) is 20.9. The molecule has 0 aliphatic carbocycles. The molecule has 138 valence electrons. The lowest BCUT2D eigenvalue weighted by Gasteiger charge is -2.40. The molecule has 0 saturated carbocycles. The number of para-hydroxylation sites is 1. The van der Waals surface area contributed by atoms with Crippen molar-refractivity contribution in [2.75, 3.05) is 20.1 Å². The van der Waals surface area contributed by atoms with Gasteiger partial charge in [0.1, 0.15) is 10.5 Å². The van der Waals surface area contributed by atoms with E-state index in [4.69, 9.17) is 4.98 Å². The second kappa shape index (κ2) is 6.32. The second-order valence-corrected chi connectivity index (χ2v) is 8.61. The molecule has 1 spiro atoms. The number of thiazole rings is 1. The fraction of sp³-hybridized carbons (Fsp3) is 0.526. The van der Waals surface area contributed by atoms with Crippen LogP contribution < -0.4 is 0 Å². The van der Waals surface area contributed by atoms with Crippen molar-refractivity contribution in [1.29, 1.82) is 0 Å². The first kappa shape index (κ1) is 17.4. The standard InChI is InChI=1S/C19H24N4O2S/c1-13(2)23-17(24)19(21(3)18(23)25)8-10-22(11-9-19)12-16-20-14-6-4-5-7-15(14)26-16/h4-7,13H,8-12H2,1-3H3. The second-order valence-electron chi connectivity index (χ2n) is 7.49. The summed E-state index contributed by atoms with van der Waals surface area (Å²) >= 11 is 1.73. The number of carbonyl (C=O) groups is 2. The molecule has 2 fully saturated rings. The lowest BCUT2D eigenvalue weighted by atomic mass is 9.86. The highest BCUT2D eigenvalue weighted by Crippen LogP contribution is 2.37. The van der Waals surface area contributed by atoms with Gasteiger partial charge in [-0.15, -0.1) is 11.3 Å². The quantitative estimate of drug-likeness (QED) is 0.778. The van der Waals surface area contributed by atoms with Crippen molar-refractivity contribution in [2.45, 2.75) is 44.8 Å². The summed E-state index contributed by atoms with van der Waals surface area (Å²) in [4.78, 5) is 35.6. The Labute approximate surface area is 157 Å². The Balaban J connectivity index is 1.47. The first-order chi connectivity index (χ1) is 12.4. The minimum Gasteiger partial charge on any atom is -0.312 e. The number of likely N-dealkylation sites (tertiary alicyclic amines) is 1. The Morgan fingerprint density at radius 3 is 2.50 bits per heavy atom. The predicted molar refractivity (Wildman–Crippen MR) is 102 cm³/mol. The van der Waals surface area contributed by atoms with E-state index >= 15 is 0 Å². The van der Waals surface area contributed by atoms with E-state index in [0.29, 0.717) is 12.8 Å². The van der Waals surface area contributed by atoms with Crippen molar-refractivity contribution < 1.29 is 9.59 Å². The van der Waals surface area contributed by atoms with Gasteiger partial charge in [0.15, 0.2) is 0 Å². The van der Waals surface area contributed by atoms with Crippen LogP contribution in [0.5, 0.6) is 0 Å². The summed E-state index contributed by atoms with van der Waals surface area (Å²) in [6.07, 6.45) is 1.37. The summed E-state index contributed by atoms with van der Waals surface area (Å²) in [5.41, 5.74) is 0.385. The van der Waals surface area contributed by atoms with E-state index in [9.17, 15) is 9.59 Å². The average Bonchev–Trinajstić information content (AvgIpc) is 3.10. The van der Waals surface area contributed by atoms with Crippen LogP contribution in [-0.2, 0) is 11.3 Å². The Hall–Kier alpha value is -1.99. The Morgan fingerprint density at radius 2 is 1.88 bits per heavy atom. The van der Waals surface area contributed by atoms with E-state index in [1.54, 1.807) is 23.3 Å². The summed E-state index contributed by atoms with van der Waals surface area (Å²) in [6.45, 7) is 6.18. The zero-order chi connectivity index (χ0) is 18.5. The third-order valence-corrected chi connectivity index (χ3v) is 6.67. The maximum atomic E-state index is 13.0. The van der Waals surface area contributed by atoms with Gasteiger partial charge in [-0.3, -0.25) is 14.6 Å². The Kier molecular flexibility index (Phi) is 4.23. The number of nitrogens with zero attached hydrogens (tertiary/aromatic N) is 4. The van der Waals surface area contributed by atoms with Gasteiger partial charge in [0, 0.05) is 26.2 Å². The zero-order valence-corrected chi connectivity index (χ0v) is 16.3. The summed E-state index contributed by atoms with van der Waals surface area (Å²) in [6, 6.07) is 7.92. The fourth-order valence-corrected chi connectivity index (χ4v) is 5.07. The zero-order valence-electron chi connectivity index (χ0n) is 15.4. The van der Waals surface area contributed by atoms with Gasteiger partial charge >= 0.3 is 6.03 Å². The van der Waals surface area contributed by atoms with E-state index in [-0.39, 0.29) is 18.0 Å². The number of urea groups is 1. The summed E-state index contributed by atoms with van der Waals surface area (Å²) < 4.78 is 1.21. The largest absolute Gasteiger partial charge is 0.327 e. The first-order valence-corrected chi connectivity index (χ1v) is 9.92. The molecule has 1 aromatic heterocycles. The van der Waals surface area contributed by atoms with Gasteiger partial charge in [0.2, 0.25) is 0 Å². The molecule has 3 amide bonds. The topological polar surface area (TPSA) is 56.8 Å². The van der Waals surface area contributed by atoms with Gasteiger partial charge in [-0.2, -0.15) is 0 Å². The molecule has 2 aromatic rings. The molecule has 0 bridgehead atoms. The number of imide groups is 1. The minimum atomic E-state index is -0.661. The van der Waals surface area contributed by atoms with Crippen LogP contribution in [-0.4, -0.2) is 63.3 Å². The Bertz CT molecular complexity index is 821. The molecule has 4 rings (SSSR count). The number of likely N-dealkylation sites (N-methyl/N-ethyl adjacent to an activating group) is 1. The van der Waals surface area contributed by atoms with Crippen molar-refractivity contribution in [3.05, 3.63) is 29.3 Å². The van der Waals surface area contributed by atoms with Crippen LogP contribution in [0.25, 0.3) is 10.2 Å². The van der Waals surface area contributed by atoms with Crippen molar-refractivity contribution >= 4 is 33.5 Å². The van der Waals surface area contributed by atoms with E-state index in [1.165, 1.54) is 9.60 Å². The number of hydrogen-bond acceptors (Lipinski definition) is 5. The van der Waals surface area contributed by atoms with Crippen LogP contribution in [0, 0.1) is 0 Å². The first-order valence-electron chi connectivity index (χ1n) is 9.10. The third-order valence-electron chi connectivity index (χ3n) is 5.65. The van der Waals surface area contributed by atoms with E-state index in [1.807, 2.05) is 32.0 Å². The van der Waals surface area contributed by atoms with Crippen LogP contribution >= 0.6 is 11.3 Å². The summed E-state index contributed by atoms with van der Waals surface area (Å²) in [7, 11) is 1.77. The SMILES string of the molecule is CC(C)N1C(=O)N(C)C2(CCN(Cc3nc4ccccc4s3)CC2)C1=O. The molecule has 0 unspecified atom stereocenters. The molecule has 26 heavy (non-hydrogen) atoms. The van der Waals surface area contributed by atoms with Gasteiger partial charge in [0.25, 0.3) is 5.91 Å². The highest BCUT2D eigenvalue weighted by molar-refractivity contribution is 7.18. The van der Waals surface area contributed by atoms with E-state index in [0.717, 1.165) is 30.2 Å². The van der Waals surface area contributed by atoms with Gasteiger partial charge in [-0.05, 0) is 38.8 Å². The molecule has 0 N–H and O–H groups in total. The smallest absolute Gasteiger partial charge is 0.312 e. The number of rotatable bonds is 3. The molecule has 2 aliphatic heterocycles. The number of aromatic nitrogens is 1. The molecule has 3 heterocycles. The van der Waals surface area contributed by atoms with Crippen molar-refractivity contribution in [3.8, 4) is 0 Å². The lowest BCUT2D eigenvalue weighted by molar-refractivity contribution is -0.136. The number of piperidine rings is 1. The van der Waals surface area contributed by atoms with Crippen molar-refractivity contribution in [3.63, 3.8) is 0 Å². The fourth-order valence-electron chi connectivity index (χ4n) is 4.06. The van der Waals surface area contributed by atoms with Crippen LogP contribution in [0.15, 0.2) is 24.3 Å². The van der Waals surface area contributed by atoms with Crippen LogP contribution in [0.3, 0.4) is 0 Å². The molecule has 0 atom stereocenters. The average molecular weight is 372 g/mol. The monoisotopic (exact) mass is 372 g/mol. The lowest BCUT2D eigenvalue weighted by Crippen LogP contribution is -2.55. The number of hydrogen-bond donors (Lipinski definition) is 0. The van der Waals surface area contributed by atoms with Crippen LogP contribution in [0.2, 0.25) is 0 Å². The number of benzene rings is 1. The van der Waals surface area contributed by atoms with Gasteiger partial charge in [0.05, 0.1) is 16.8 Å². The van der Waals surface area contributed by atoms with E-state index < -0.39 is 5.54 Å². The molecule has 0 radical (unpaired) electrons. The van der Waals surface area contributed by atoms with Crippen LogP contribution in [0.4, 0.5) is 4.79 Å². The summed E-state index contributed by atoms with van der Waals surface area (Å²) in [5, 5.41) is 1.10. The van der Waals surface area contributed by atoms with Gasteiger partial charge in [-0.1, -0.05) is 12.1 Å². The molecular formula is C19H24N4O2S. The van der Waals surface area contributed by atoms with E-state index in [2.05, 4.69) is 11.0 Å². The number of fused-ring (bicyclic) bond motifs is 1. The minimum absolute atomic E-state index is 0.0281. The summed E-state index contributed by atoms with van der Waals surface area (Å²) in [5.74, 6) is -0.0281. The highest BCUT2D eigenvalue weighted by Gasteiger charge is 2.56. The molecule has 7 heteroatoms. The van der Waals surface area contributed by atoms with Crippen molar-refractivity contribution in [1.82, 2.24) is 19.7 Å². The predicted octanol–water partition coefficient (Wildman–Crippen LogP) is 2.93. The molecule has 2 saturated heterocycles. The molecule has 6 nitrogen and oxygen atoms in total. The maximum Gasteiger partial charge on any atom is 0.327 e. The van der Waals surface area contributed by atoms with Gasteiger partial charge < -0.3 is 4.90 Å². The molecular weight excluding hydrogens is 348 g/mol. The van der Waals surface area contributed by atoms with Crippen LogP contribution in [0.1, 0.15) is 31.7 Å². The van der Waals surface area contributed by atoms with Crippen molar-refractivity contribution in [2.24, 2.45) is 0 Å². The highest BCUT2D eigenvalue weighted by atomic mass is 32.1. The molecule has 2 aliphatic rings. The number of carbonyl (C=O) groups excluding carboxylic acids is 2.